The number of aromatic amines is 1. The predicted molar refractivity (Wildman–Crippen MR) is 89.7 cm³/mol. The number of nitrogens with one attached hydrogen (secondary N) is 1. The molecular formula is C17H17N3O2S. The minimum Gasteiger partial charge on any atom is -0.410 e. The number of nitrogens with zero attached hydrogens (tertiary/aromatic N) is 2. The fraction of sp³-hybridized carbons (Fsp3) is 0.235. The summed E-state index contributed by atoms with van der Waals surface area (Å²) >= 11 is 1.27. The Hall–Kier alpha value is -2.34. The van der Waals surface area contributed by atoms with Gasteiger partial charge in [0.15, 0.2) is 5.78 Å². The topological polar surface area (TPSA) is 71.8 Å². The molecule has 0 amide bonds. The molecule has 2 aromatic heterocycles. The van der Waals surface area contributed by atoms with Crippen molar-refractivity contribution in [1.29, 1.82) is 0 Å². The van der Waals surface area contributed by atoms with E-state index in [-0.39, 0.29) is 11.0 Å². The highest BCUT2D eigenvalue weighted by molar-refractivity contribution is 8.00. The number of hydrogen-bond donors (Lipinski definition) is 1. The molecule has 0 aliphatic carbocycles. The molecule has 0 spiro atoms. The van der Waals surface area contributed by atoms with Crippen molar-refractivity contribution in [2.45, 2.75) is 31.2 Å². The van der Waals surface area contributed by atoms with E-state index in [2.05, 4.69) is 15.2 Å². The maximum Gasteiger partial charge on any atom is 0.277 e. The van der Waals surface area contributed by atoms with Crippen molar-refractivity contribution < 1.29 is 9.21 Å². The van der Waals surface area contributed by atoms with Crippen molar-refractivity contribution in [3.05, 3.63) is 53.2 Å². The summed E-state index contributed by atoms with van der Waals surface area (Å²) in [6.45, 7) is 5.88. The molecule has 3 rings (SSSR count). The van der Waals surface area contributed by atoms with Crippen molar-refractivity contribution in [3.63, 3.8) is 0 Å². The second kappa shape index (κ2) is 6.42. The fourth-order valence-corrected chi connectivity index (χ4v) is 2.92. The third-order valence-electron chi connectivity index (χ3n) is 3.67. The molecular weight excluding hydrogens is 310 g/mol. The van der Waals surface area contributed by atoms with E-state index in [0.29, 0.717) is 16.7 Å². The first-order valence-electron chi connectivity index (χ1n) is 7.30. The zero-order chi connectivity index (χ0) is 16.4. The molecule has 0 aliphatic rings. The van der Waals surface area contributed by atoms with Gasteiger partial charge in [-0.1, -0.05) is 23.9 Å². The first-order chi connectivity index (χ1) is 11.0. The van der Waals surface area contributed by atoms with Gasteiger partial charge >= 0.3 is 0 Å². The minimum atomic E-state index is -0.297. The van der Waals surface area contributed by atoms with Crippen LogP contribution in [0.5, 0.6) is 0 Å². The van der Waals surface area contributed by atoms with Gasteiger partial charge in [0, 0.05) is 11.8 Å². The summed E-state index contributed by atoms with van der Waals surface area (Å²) in [5.74, 6) is 0.473. The highest BCUT2D eigenvalue weighted by Crippen LogP contribution is 2.27. The molecule has 23 heavy (non-hydrogen) atoms. The standard InChI is InChI=1S/C17H17N3O2S/c1-10-6-7-13(9-11(10)2)15(21)12(3)23-17-20-19-16(22-17)14-5-4-8-18-14/h4-9,12,18H,1-3H3/t12-/m0/s1. The first-order valence-corrected chi connectivity index (χ1v) is 8.18. The third kappa shape index (κ3) is 3.37. The molecule has 3 aromatic rings. The number of benzene rings is 1. The lowest BCUT2D eigenvalue weighted by atomic mass is 10.0. The molecule has 1 aromatic carbocycles. The molecule has 0 bridgehead atoms. The number of thioether (sulfide) groups is 1. The Bertz CT molecular complexity index is 824. The van der Waals surface area contributed by atoms with E-state index in [1.54, 1.807) is 6.20 Å². The molecule has 1 N–H and O–H groups in total. The van der Waals surface area contributed by atoms with Crippen LogP contribution >= 0.6 is 11.8 Å². The number of aryl methyl sites for hydroxylation is 2. The number of Topliss-reactive ketones (excluding diaryl/α,β-unsaturated/α-hetero) is 1. The smallest absolute Gasteiger partial charge is 0.277 e. The summed E-state index contributed by atoms with van der Waals surface area (Å²) in [6.07, 6.45) is 1.79. The summed E-state index contributed by atoms with van der Waals surface area (Å²) in [4.78, 5) is 15.5. The van der Waals surface area contributed by atoms with Crippen LogP contribution in [0, 0.1) is 13.8 Å². The van der Waals surface area contributed by atoms with Gasteiger partial charge in [-0.05, 0) is 50.1 Å². The molecule has 1 atom stereocenters. The van der Waals surface area contributed by atoms with Crippen LogP contribution < -0.4 is 0 Å². The number of carbonyl (C=O) groups excluding carboxylic acids is 1. The Kier molecular flexibility index (Phi) is 4.34. The Labute approximate surface area is 138 Å². The van der Waals surface area contributed by atoms with Crippen molar-refractivity contribution >= 4 is 17.5 Å². The van der Waals surface area contributed by atoms with Crippen LogP contribution in [0.15, 0.2) is 46.2 Å². The van der Waals surface area contributed by atoms with Crippen molar-refractivity contribution in [2.24, 2.45) is 0 Å². The van der Waals surface area contributed by atoms with E-state index >= 15 is 0 Å². The lowest BCUT2D eigenvalue weighted by molar-refractivity contribution is 0.0993. The Morgan fingerprint density at radius 3 is 2.74 bits per heavy atom. The fourth-order valence-electron chi connectivity index (χ4n) is 2.16. The van der Waals surface area contributed by atoms with Crippen molar-refractivity contribution in [3.8, 4) is 11.6 Å². The molecule has 0 unspecified atom stereocenters. The second-order valence-electron chi connectivity index (χ2n) is 5.38. The maximum atomic E-state index is 12.5. The Balaban J connectivity index is 1.72. The van der Waals surface area contributed by atoms with Gasteiger partial charge in [0.05, 0.1) is 5.25 Å². The number of H-pyrrole nitrogens is 1. The van der Waals surface area contributed by atoms with Crippen molar-refractivity contribution in [2.75, 3.05) is 0 Å². The van der Waals surface area contributed by atoms with E-state index in [9.17, 15) is 4.79 Å². The summed E-state index contributed by atoms with van der Waals surface area (Å²) in [6, 6.07) is 9.46. The van der Waals surface area contributed by atoms with Crippen molar-refractivity contribution in [1.82, 2.24) is 15.2 Å². The number of carbonyl (C=O) groups is 1. The van der Waals surface area contributed by atoms with Crippen LogP contribution in [-0.2, 0) is 0 Å². The van der Waals surface area contributed by atoms with Gasteiger partial charge in [-0.15, -0.1) is 10.2 Å². The molecule has 0 fully saturated rings. The monoisotopic (exact) mass is 327 g/mol. The average molecular weight is 327 g/mol. The van der Waals surface area contributed by atoms with E-state index < -0.39 is 0 Å². The Morgan fingerprint density at radius 2 is 2.04 bits per heavy atom. The highest BCUT2D eigenvalue weighted by atomic mass is 32.2. The maximum absolute atomic E-state index is 12.5. The molecule has 0 saturated heterocycles. The molecule has 0 saturated carbocycles. The van der Waals surface area contributed by atoms with Gasteiger partial charge in [-0.2, -0.15) is 0 Å². The van der Waals surface area contributed by atoms with Crippen LogP contribution in [-0.4, -0.2) is 26.2 Å². The Morgan fingerprint density at radius 1 is 1.22 bits per heavy atom. The highest BCUT2D eigenvalue weighted by Gasteiger charge is 2.20. The number of hydrogen-bond acceptors (Lipinski definition) is 5. The summed E-state index contributed by atoms with van der Waals surface area (Å²) in [5.41, 5.74) is 3.75. The summed E-state index contributed by atoms with van der Waals surface area (Å²) in [5, 5.41) is 8.07. The number of rotatable bonds is 5. The van der Waals surface area contributed by atoms with E-state index in [1.165, 1.54) is 17.3 Å². The molecule has 2 heterocycles. The largest absolute Gasteiger partial charge is 0.410 e. The molecule has 5 nitrogen and oxygen atoms in total. The number of aromatic nitrogens is 3. The zero-order valence-electron chi connectivity index (χ0n) is 13.2. The number of ketones is 1. The predicted octanol–water partition coefficient (Wildman–Crippen LogP) is 4.05. The van der Waals surface area contributed by atoms with Gasteiger partial charge in [0.2, 0.25) is 0 Å². The van der Waals surface area contributed by atoms with Crippen LogP contribution in [0.1, 0.15) is 28.4 Å². The average Bonchev–Trinajstić information content (AvgIpc) is 3.20. The summed E-state index contributed by atoms with van der Waals surface area (Å²) in [7, 11) is 0. The SMILES string of the molecule is Cc1ccc(C(=O)[C@H](C)Sc2nnc(-c3ccc[nH]3)o2)cc1C. The second-order valence-corrected chi connectivity index (χ2v) is 6.67. The molecule has 118 valence electrons. The van der Waals surface area contributed by atoms with E-state index in [0.717, 1.165) is 11.3 Å². The van der Waals surface area contributed by atoms with Crippen LogP contribution in [0.3, 0.4) is 0 Å². The third-order valence-corrected chi connectivity index (χ3v) is 4.61. The lowest BCUT2D eigenvalue weighted by Crippen LogP contribution is -2.13. The quantitative estimate of drug-likeness (QED) is 0.565. The zero-order valence-corrected chi connectivity index (χ0v) is 14.0. The van der Waals surface area contributed by atoms with Crippen LogP contribution in [0.25, 0.3) is 11.6 Å². The van der Waals surface area contributed by atoms with Gasteiger partial charge in [0.25, 0.3) is 11.1 Å². The van der Waals surface area contributed by atoms with Crippen LogP contribution in [0.2, 0.25) is 0 Å². The van der Waals surface area contributed by atoms with Gasteiger partial charge in [0.1, 0.15) is 5.69 Å². The van der Waals surface area contributed by atoms with Crippen LogP contribution in [0.4, 0.5) is 0 Å². The van der Waals surface area contributed by atoms with Gasteiger partial charge in [-0.25, -0.2) is 0 Å². The van der Waals surface area contributed by atoms with E-state index in [4.69, 9.17) is 4.42 Å². The normalized spacial score (nSPS) is 12.3. The van der Waals surface area contributed by atoms with Gasteiger partial charge in [-0.3, -0.25) is 4.79 Å². The van der Waals surface area contributed by atoms with Gasteiger partial charge < -0.3 is 9.40 Å². The molecule has 6 heteroatoms. The molecule has 0 radical (unpaired) electrons. The minimum absolute atomic E-state index is 0.0534. The lowest BCUT2D eigenvalue weighted by Gasteiger charge is -2.09. The van der Waals surface area contributed by atoms with E-state index in [1.807, 2.05) is 51.1 Å². The first kappa shape index (κ1) is 15.6. The summed E-state index contributed by atoms with van der Waals surface area (Å²) < 4.78 is 5.58. The molecule has 0 aliphatic heterocycles.